The summed E-state index contributed by atoms with van der Waals surface area (Å²) in [6.45, 7) is 0. The fourth-order valence-corrected chi connectivity index (χ4v) is 1.86. The molecule has 0 unspecified atom stereocenters. The van der Waals surface area contributed by atoms with Crippen molar-refractivity contribution in [3.63, 3.8) is 0 Å². The van der Waals surface area contributed by atoms with E-state index in [0.717, 1.165) is 4.90 Å². The molecule has 0 atom stereocenters. The number of carbonyl (C=O) groups is 1. The number of esters is 1. The van der Waals surface area contributed by atoms with Crippen molar-refractivity contribution in [1.82, 2.24) is 4.13 Å². The Morgan fingerprint density at radius 2 is 2.36 bits per heavy atom. The number of benzene rings is 1. The van der Waals surface area contributed by atoms with Crippen molar-refractivity contribution >= 4 is 42.3 Å². The summed E-state index contributed by atoms with van der Waals surface area (Å²) in [5, 5.41) is 0.494. The molecule has 0 saturated heterocycles. The minimum Gasteiger partial charge on any atom is -0.465 e. The Balaban J connectivity index is 3.08. The molecule has 1 rings (SSSR count). The van der Waals surface area contributed by atoms with Crippen LogP contribution in [0.2, 0.25) is 5.02 Å². The van der Waals surface area contributed by atoms with Crippen molar-refractivity contribution < 1.29 is 9.53 Å². The number of carbonyl (C=O) groups excluding carboxylic acids is 1. The van der Waals surface area contributed by atoms with Gasteiger partial charge in [0.15, 0.2) is 0 Å². The van der Waals surface area contributed by atoms with Crippen LogP contribution in [-0.4, -0.2) is 13.1 Å². The number of nitrogens with one attached hydrogen (secondary N) is 1. The zero-order valence-electron chi connectivity index (χ0n) is 7.28. The number of ether oxygens (including phenoxy) is 1. The molecule has 0 saturated carbocycles. The van der Waals surface area contributed by atoms with Crippen molar-refractivity contribution in [2.24, 2.45) is 0 Å². The van der Waals surface area contributed by atoms with Crippen LogP contribution in [0, 0.1) is 0 Å². The van der Waals surface area contributed by atoms with Gasteiger partial charge in [0.25, 0.3) is 0 Å². The fraction of sp³-hybridized carbons (Fsp3) is 0.125. The Morgan fingerprint density at radius 3 is 2.93 bits per heavy atom. The van der Waals surface area contributed by atoms with E-state index >= 15 is 0 Å². The fourth-order valence-electron chi connectivity index (χ4n) is 0.910. The molecular weight excluding hydrogens is 242 g/mol. The molecule has 0 spiro atoms. The van der Waals surface area contributed by atoms with Crippen LogP contribution in [0.4, 0.5) is 0 Å². The Hall–Kier alpha value is -0.360. The van der Waals surface area contributed by atoms with Gasteiger partial charge in [0.2, 0.25) is 0 Å². The molecule has 0 aromatic heterocycles. The van der Waals surface area contributed by atoms with Gasteiger partial charge in [-0.1, -0.05) is 24.4 Å². The number of halogens is 1. The molecule has 1 aromatic carbocycles. The molecule has 1 aromatic rings. The average Bonchev–Trinajstić information content (AvgIpc) is 2.20. The third kappa shape index (κ3) is 2.81. The molecule has 0 radical (unpaired) electrons. The quantitative estimate of drug-likeness (QED) is 0.491. The first kappa shape index (κ1) is 11.7. The van der Waals surface area contributed by atoms with Gasteiger partial charge in [0.05, 0.1) is 12.7 Å². The smallest absolute Gasteiger partial charge is 0.339 e. The highest BCUT2D eigenvalue weighted by Gasteiger charge is 2.12. The molecular formula is C8H8ClNO2S2. The number of thiol groups is 1. The first-order valence-corrected chi connectivity index (χ1v) is 5.27. The topological polar surface area (TPSA) is 38.3 Å². The van der Waals surface area contributed by atoms with E-state index in [0.29, 0.717) is 10.6 Å². The zero-order valence-corrected chi connectivity index (χ0v) is 9.75. The lowest BCUT2D eigenvalue weighted by Gasteiger charge is -2.06. The third-order valence-electron chi connectivity index (χ3n) is 1.50. The Bertz CT molecular complexity index is 346. The van der Waals surface area contributed by atoms with Gasteiger partial charge >= 0.3 is 5.97 Å². The Morgan fingerprint density at radius 1 is 1.64 bits per heavy atom. The third-order valence-corrected chi connectivity index (χ3v) is 2.68. The van der Waals surface area contributed by atoms with Crippen LogP contribution in [-0.2, 0) is 4.74 Å². The number of rotatable bonds is 3. The van der Waals surface area contributed by atoms with Gasteiger partial charge < -0.3 is 4.74 Å². The van der Waals surface area contributed by atoms with Crippen LogP contribution in [0.25, 0.3) is 0 Å². The lowest BCUT2D eigenvalue weighted by atomic mass is 10.2. The average molecular weight is 250 g/mol. The summed E-state index contributed by atoms with van der Waals surface area (Å²) in [5.41, 5.74) is 0.423. The molecule has 76 valence electrons. The molecule has 3 nitrogen and oxygen atoms in total. The second kappa shape index (κ2) is 5.50. The summed E-state index contributed by atoms with van der Waals surface area (Å²) in [5.74, 6) is -0.418. The molecule has 0 aliphatic heterocycles. The molecule has 1 N–H and O–H groups in total. The predicted molar refractivity (Wildman–Crippen MR) is 60.8 cm³/mol. The number of methoxy groups -OCH3 is 1. The van der Waals surface area contributed by atoms with Crippen molar-refractivity contribution in [3.8, 4) is 0 Å². The van der Waals surface area contributed by atoms with Crippen molar-refractivity contribution in [2.45, 2.75) is 4.90 Å². The van der Waals surface area contributed by atoms with Crippen LogP contribution >= 0.6 is 36.4 Å². The van der Waals surface area contributed by atoms with E-state index in [2.05, 4.69) is 21.7 Å². The van der Waals surface area contributed by atoms with Crippen molar-refractivity contribution in [3.05, 3.63) is 28.8 Å². The molecule has 0 aliphatic carbocycles. The van der Waals surface area contributed by atoms with E-state index in [1.54, 1.807) is 18.2 Å². The normalized spacial score (nSPS) is 9.93. The zero-order chi connectivity index (χ0) is 10.6. The molecule has 0 amide bonds. The van der Waals surface area contributed by atoms with E-state index in [-0.39, 0.29) is 0 Å². The number of hydrogen-bond acceptors (Lipinski definition) is 5. The SMILES string of the molecule is COC(=O)c1cc(Cl)ccc1SNS. The summed E-state index contributed by atoms with van der Waals surface area (Å²) >= 11 is 10.8. The highest BCUT2D eigenvalue weighted by atomic mass is 35.5. The second-order valence-corrected chi connectivity index (χ2v) is 4.14. The van der Waals surface area contributed by atoms with Crippen molar-refractivity contribution in [2.75, 3.05) is 7.11 Å². The summed E-state index contributed by atoms with van der Waals surface area (Å²) < 4.78 is 7.20. The van der Waals surface area contributed by atoms with E-state index < -0.39 is 5.97 Å². The molecule has 14 heavy (non-hydrogen) atoms. The van der Waals surface area contributed by atoms with E-state index in [1.807, 2.05) is 0 Å². The van der Waals surface area contributed by atoms with Crippen LogP contribution < -0.4 is 4.13 Å². The van der Waals surface area contributed by atoms with Gasteiger partial charge in [0.1, 0.15) is 0 Å². The Labute approximate surface area is 96.8 Å². The predicted octanol–water partition coefficient (Wildman–Crippen LogP) is 2.57. The molecule has 0 aliphatic rings. The first-order chi connectivity index (χ1) is 6.69. The van der Waals surface area contributed by atoms with Crippen LogP contribution in [0.15, 0.2) is 23.1 Å². The highest BCUT2D eigenvalue weighted by Crippen LogP contribution is 2.24. The Kier molecular flexibility index (Phi) is 4.60. The van der Waals surface area contributed by atoms with Crippen LogP contribution in [0.3, 0.4) is 0 Å². The first-order valence-electron chi connectivity index (χ1n) is 3.63. The largest absolute Gasteiger partial charge is 0.465 e. The van der Waals surface area contributed by atoms with Crippen LogP contribution in [0.1, 0.15) is 10.4 Å². The van der Waals surface area contributed by atoms with Gasteiger partial charge in [-0.2, -0.15) is 0 Å². The monoisotopic (exact) mass is 249 g/mol. The summed E-state index contributed by atoms with van der Waals surface area (Å²) in [6.07, 6.45) is 0. The number of hydrogen-bond donors (Lipinski definition) is 2. The van der Waals surface area contributed by atoms with Gasteiger partial charge in [-0.3, -0.25) is 0 Å². The molecule has 0 fully saturated rings. The molecule has 6 heteroatoms. The van der Waals surface area contributed by atoms with E-state index in [9.17, 15) is 4.79 Å². The highest BCUT2D eigenvalue weighted by molar-refractivity contribution is 8.06. The minimum absolute atomic E-state index is 0.418. The summed E-state index contributed by atoms with van der Waals surface area (Å²) in [6, 6.07) is 4.98. The maximum absolute atomic E-state index is 11.3. The van der Waals surface area contributed by atoms with E-state index in [1.165, 1.54) is 19.1 Å². The maximum atomic E-state index is 11.3. The van der Waals surface area contributed by atoms with E-state index in [4.69, 9.17) is 11.6 Å². The summed E-state index contributed by atoms with van der Waals surface area (Å²) in [4.78, 5) is 12.0. The van der Waals surface area contributed by atoms with Gasteiger partial charge in [-0.25, -0.2) is 8.92 Å². The molecule has 0 bridgehead atoms. The summed E-state index contributed by atoms with van der Waals surface area (Å²) in [7, 11) is 1.33. The van der Waals surface area contributed by atoms with Crippen molar-refractivity contribution in [1.29, 1.82) is 0 Å². The standard InChI is InChI=1S/C8H8ClNO2S2/c1-12-8(11)6-4-5(9)2-3-7(6)14-10-13/h2-4,10,13H,1H3. The van der Waals surface area contributed by atoms with Crippen LogP contribution in [0.5, 0.6) is 0 Å². The second-order valence-electron chi connectivity index (χ2n) is 2.33. The van der Waals surface area contributed by atoms with Gasteiger partial charge in [-0.05, 0) is 30.1 Å². The van der Waals surface area contributed by atoms with Gasteiger partial charge in [-0.15, -0.1) is 0 Å². The maximum Gasteiger partial charge on any atom is 0.339 e. The minimum atomic E-state index is -0.418. The lowest BCUT2D eigenvalue weighted by Crippen LogP contribution is -2.03. The molecule has 0 heterocycles. The lowest BCUT2D eigenvalue weighted by molar-refractivity contribution is 0.0597. The van der Waals surface area contributed by atoms with Gasteiger partial charge in [0, 0.05) is 9.92 Å².